The minimum atomic E-state index is -0.346. The van der Waals surface area contributed by atoms with Crippen LogP contribution in [-0.2, 0) is 0 Å². The number of anilines is 1. The molecule has 1 aromatic carbocycles. The number of carbonyl (C=O) groups excluding carboxylic acids is 2. The second kappa shape index (κ2) is 7.81. The van der Waals surface area contributed by atoms with Crippen molar-refractivity contribution in [2.45, 2.75) is 19.4 Å². The molecule has 8 heteroatoms. The zero-order valence-corrected chi connectivity index (χ0v) is 17.4. The molecule has 0 saturated heterocycles. The molecule has 0 spiro atoms. The number of fused-ring (bicyclic) bond motifs is 1. The molecule has 0 radical (unpaired) electrons. The molecule has 4 rings (SSSR count). The van der Waals surface area contributed by atoms with Crippen molar-refractivity contribution >= 4 is 44.1 Å². The van der Waals surface area contributed by atoms with Crippen LogP contribution in [0.4, 0.5) is 5.00 Å². The number of ether oxygens (including phenoxy) is 1. The van der Waals surface area contributed by atoms with E-state index in [1.54, 1.807) is 18.2 Å². The van der Waals surface area contributed by atoms with Gasteiger partial charge in [-0.05, 0) is 48.9 Å². The van der Waals surface area contributed by atoms with E-state index in [4.69, 9.17) is 9.15 Å². The molecule has 0 saturated carbocycles. The number of thiophene rings is 1. The third-order valence-corrected chi connectivity index (χ3v) is 6.07. The second-order valence-corrected chi connectivity index (χ2v) is 8.37. The van der Waals surface area contributed by atoms with Gasteiger partial charge in [0.2, 0.25) is 0 Å². The Bertz CT molecular complexity index is 1030. The van der Waals surface area contributed by atoms with E-state index in [2.05, 4.69) is 26.6 Å². The minimum Gasteiger partial charge on any atom is -0.493 e. The van der Waals surface area contributed by atoms with Gasteiger partial charge in [-0.2, -0.15) is 0 Å². The summed E-state index contributed by atoms with van der Waals surface area (Å²) >= 11 is 4.71. The standard InChI is InChI=1S/C20H17BrN2O4S/c1-11-9-17(23-19(24)16-3-2-7-26-16)28-18(11)20(25)22-14-6-8-27-15-5-4-12(21)10-13(14)15/h2-5,7,9-10,14H,6,8H2,1H3,(H,22,25)(H,23,24). The molecule has 1 unspecified atom stereocenters. The number of nitrogens with one attached hydrogen (secondary N) is 2. The number of amides is 2. The van der Waals surface area contributed by atoms with E-state index in [9.17, 15) is 9.59 Å². The van der Waals surface area contributed by atoms with Gasteiger partial charge in [0.05, 0.1) is 28.8 Å². The average molecular weight is 461 g/mol. The molecule has 0 bridgehead atoms. The third-order valence-electron chi connectivity index (χ3n) is 4.42. The molecule has 3 heterocycles. The SMILES string of the molecule is Cc1cc(NC(=O)c2ccco2)sc1C(=O)NC1CCOc2ccc(Br)cc21. The molecule has 1 atom stereocenters. The summed E-state index contributed by atoms with van der Waals surface area (Å²) in [6, 6.07) is 10.7. The number of benzene rings is 1. The average Bonchev–Trinajstić information content (AvgIpc) is 3.32. The summed E-state index contributed by atoms with van der Waals surface area (Å²) in [5, 5.41) is 6.46. The van der Waals surface area contributed by atoms with Crippen molar-refractivity contribution in [2.24, 2.45) is 0 Å². The first-order valence-corrected chi connectivity index (χ1v) is 10.3. The van der Waals surface area contributed by atoms with Gasteiger partial charge in [0.25, 0.3) is 11.8 Å². The van der Waals surface area contributed by atoms with Gasteiger partial charge < -0.3 is 19.8 Å². The van der Waals surface area contributed by atoms with Crippen LogP contribution >= 0.6 is 27.3 Å². The van der Waals surface area contributed by atoms with Crippen molar-refractivity contribution < 1.29 is 18.7 Å². The lowest BCUT2D eigenvalue weighted by molar-refractivity contribution is 0.0927. The molecule has 1 aliphatic heterocycles. The van der Waals surface area contributed by atoms with Gasteiger partial charge in [0.1, 0.15) is 5.75 Å². The Kier molecular flexibility index (Phi) is 5.23. The van der Waals surface area contributed by atoms with Gasteiger partial charge in [0, 0.05) is 16.5 Å². The zero-order valence-electron chi connectivity index (χ0n) is 15.0. The Balaban J connectivity index is 1.50. The zero-order chi connectivity index (χ0) is 19.7. The van der Waals surface area contributed by atoms with Gasteiger partial charge in [-0.3, -0.25) is 9.59 Å². The van der Waals surface area contributed by atoms with Gasteiger partial charge in [-0.15, -0.1) is 11.3 Å². The highest BCUT2D eigenvalue weighted by molar-refractivity contribution is 9.10. The van der Waals surface area contributed by atoms with Crippen molar-refractivity contribution in [2.75, 3.05) is 11.9 Å². The third kappa shape index (κ3) is 3.83. The molecule has 2 aromatic heterocycles. The quantitative estimate of drug-likeness (QED) is 0.578. The summed E-state index contributed by atoms with van der Waals surface area (Å²) < 4.78 is 11.7. The van der Waals surface area contributed by atoms with Crippen molar-refractivity contribution in [3.8, 4) is 5.75 Å². The second-order valence-electron chi connectivity index (χ2n) is 6.40. The normalized spacial score (nSPS) is 15.4. The number of rotatable bonds is 4. The number of halogens is 1. The van der Waals surface area contributed by atoms with Crippen LogP contribution in [0.2, 0.25) is 0 Å². The monoisotopic (exact) mass is 460 g/mol. The van der Waals surface area contributed by atoms with E-state index in [-0.39, 0.29) is 23.6 Å². The number of carbonyl (C=O) groups is 2. The van der Waals surface area contributed by atoms with Crippen LogP contribution in [0.1, 0.15) is 43.8 Å². The fourth-order valence-corrected chi connectivity index (χ4v) is 4.44. The van der Waals surface area contributed by atoms with E-state index in [0.717, 1.165) is 21.3 Å². The summed E-state index contributed by atoms with van der Waals surface area (Å²) in [4.78, 5) is 25.6. The van der Waals surface area contributed by atoms with Crippen LogP contribution in [0.15, 0.2) is 51.6 Å². The lowest BCUT2D eigenvalue weighted by atomic mass is 10.0. The summed E-state index contributed by atoms with van der Waals surface area (Å²) in [5.41, 5.74) is 1.76. The summed E-state index contributed by atoms with van der Waals surface area (Å²) in [7, 11) is 0. The Morgan fingerprint density at radius 1 is 1.21 bits per heavy atom. The molecular formula is C20H17BrN2O4S. The van der Waals surface area contributed by atoms with Crippen LogP contribution in [0.25, 0.3) is 0 Å². The smallest absolute Gasteiger partial charge is 0.291 e. The largest absolute Gasteiger partial charge is 0.493 e. The number of hydrogen-bond donors (Lipinski definition) is 2. The molecule has 6 nitrogen and oxygen atoms in total. The molecular weight excluding hydrogens is 444 g/mol. The summed E-state index contributed by atoms with van der Waals surface area (Å²) in [5.74, 6) is 0.496. The van der Waals surface area contributed by atoms with Crippen LogP contribution < -0.4 is 15.4 Å². The van der Waals surface area contributed by atoms with Crippen molar-refractivity contribution in [3.05, 3.63) is 68.9 Å². The number of hydrogen-bond acceptors (Lipinski definition) is 5. The van der Waals surface area contributed by atoms with Gasteiger partial charge in [-0.1, -0.05) is 15.9 Å². The molecule has 144 valence electrons. The lowest BCUT2D eigenvalue weighted by Crippen LogP contribution is -2.32. The summed E-state index contributed by atoms with van der Waals surface area (Å²) in [6.07, 6.45) is 2.14. The molecule has 2 amide bonds. The predicted octanol–water partition coefficient (Wildman–Crippen LogP) is 4.92. The lowest BCUT2D eigenvalue weighted by Gasteiger charge is -2.26. The molecule has 2 N–H and O–H groups in total. The molecule has 0 aliphatic carbocycles. The first kappa shape index (κ1) is 18.8. The highest BCUT2D eigenvalue weighted by atomic mass is 79.9. The molecule has 28 heavy (non-hydrogen) atoms. The first-order valence-electron chi connectivity index (χ1n) is 8.69. The molecule has 1 aliphatic rings. The van der Waals surface area contributed by atoms with Gasteiger partial charge in [-0.25, -0.2) is 0 Å². The fourth-order valence-electron chi connectivity index (χ4n) is 3.09. The maximum Gasteiger partial charge on any atom is 0.291 e. The van der Waals surface area contributed by atoms with Crippen LogP contribution in [0.5, 0.6) is 5.75 Å². The van der Waals surface area contributed by atoms with Gasteiger partial charge >= 0.3 is 0 Å². The van der Waals surface area contributed by atoms with Crippen molar-refractivity contribution in [1.82, 2.24) is 5.32 Å². The highest BCUT2D eigenvalue weighted by Crippen LogP contribution is 2.35. The molecule has 0 fully saturated rings. The van der Waals surface area contributed by atoms with Crippen LogP contribution in [-0.4, -0.2) is 18.4 Å². The van der Waals surface area contributed by atoms with Crippen LogP contribution in [0.3, 0.4) is 0 Å². The maximum atomic E-state index is 12.9. The van der Waals surface area contributed by atoms with Crippen LogP contribution in [0, 0.1) is 6.92 Å². The van der Waals surface area contributed by atoms with Gasteiger partial charge in [0.15, 0.2) is 5.76 Å². The number of aryl methyl sites for hydroxylation is 1. The fraction of sp³-hybridized carbons (Fsp3) is 0.200. The predicted molar refractivity (Wildman–Crippen MR) is 110 cm³/mol. The van der Waals surface area contributed by atoms with E-state index in [0.29, 0.717) is 22.9 Å². The van der Waals surface area contributed by atoms with E-state index in [1.165, 1.54) is 17.6 Å². The Labute approximate surface area is 174 Å². The van der Waals surface area contributed by atoms with Crippen molar-refractivity contribution in [1.29, 1.82) is 0 Å². The first-order chi connectivity index (χ1) is 13.5. The van der Waals surface area contributed by atoms with Crippen molar-refractivity contribution in [3.63, 3.8) is 0 Å². The number of furan rings is 1. The Hall–Kier alpha value is -2.58. The van der Waals surface area contributed by atoms with E-state index >= 15 is 0 Å². The molecule has 3 aromatic rings. The highest BCUT2D eigenvalue weighted by Gasteiger charge is 2.25. The Morgan fingerprint density at radius 3 is 2.86 bits per heavy atom. The van der Waals surface area contributed by atoms with E-state index < -0.39 is 0 Å². The topological polar surface area (TPSA) is 80.6 Å². The Morgan fingerprint density at radius 2 is 2.07 bits per heavy atom. The minimum absolute atomic E-state index is 0.128. The van der Waals surface area contributed by atoms with E-state index in [1.807, 2.05) is 25.1 Å². The maximum absolute atomic E-state index is 12.9. The summed E-state index contributed by atoms with van der Waals surface area (Å²) in [6.45, 7) is 2.40.